The summed E-state index contributed by atoms with van der Waals surface area (Å²) in [7, 11) is 0. The van der Waals surface area contributed by atoms with Gasteiger partial charge in [0.25, 0.3) is 5.91 Å². The number of aromatic nitrogens is 1. The Hall–Kier alpha value is -2.89. The number of carboxylic acid groups (broad SMARTS) is 1. The molecule has 0 saturated heterocycles. The van der Waals surface area contributed by atoms with Crippen molar-refractivity contribution in [1.29, 1.82) is 0 Å². The summed E-state index contributed by atoms with van der Waals surface area (Å²) in [6, 6.07) is 5.92. The lowest BCUT2D eigenvalue weighted by Gasteiger charge is -2.09. The number of nitrogens with zero attached hydrogens (tertiary/aromatic N) is 1. The fraction of sp³-hybridized carbons (Fsp3) is 0.0714. The summed E-state index contributed by atoms with van der Waals surface area (Å²) in [5, 5.41) is 21.2. The SMILES string of the molecule is Cc1cc(NC(=O)c2cccnc2)cc(C(=O)O)c1O. The molecule has 1 aromatic carbocycles. The summed E-state index contributed by atoms with van der Waals surface area (Å²) < 4.78 is 0. The van der Waals surface area contributed by atoms with E-state index in [4.69, 9.17) is 5.11 Å². The van der Waals surface area contributed by atoms with Crippen molar-refractivity contribution in [2.45, 2.75) is 6.92 Å². The Morgan fingerprint density at radius 1 is 1.30 bits per heavy atom. The van der Waals surface area contributed by atoms with Gasteiger partial charge in [-0.1, -0.05) is 0 Å². The molecule has 0 aliphatic rings. The average molecular weight is 272 g/mol. The molecular formula is C14H12N2O4. The standard InChI is InChI=1S/C14H12N2O4/c1-8-5-10(6-11(12(8)17)14(19)20)16-13(18)9-3-2-4-15-7-9/h2-7,17H,1H3,(H,16,18)(H,19,20). The summed E-state index contributed by atoms with van der Waals surface area (Å²) in [5.74, 6) is -1.97. The van der Waals surface area contributed by atoms with Crippen LogP contribution in [0.1, 0.15) is 26.3 Å². The molecule has 0 aliphatic carbocycles. The molecule has 0 unspecified atom stereocenters. The number of anilines is 1. The van der Waals surface area contributed by atoms with Gasteiger partial charge in [-0.25, -0.2) is 4.79 Å². The lowest BCUT2D eigenvalue weighted by Crippen LogP contribution is -2.13. The van der Waals surface area contributed by atoms with Gasteiger partial charge in [0.15, 0.2) is 0 Å². The van der Waals surface area contributed by atoms with E-state index in [-0.39, 0.29) is 11.3 Å². The highest BCUT2D eigenvalue weighted by Gasteiger charge is 2.15. The maximum atomic E-state index is 11.9. The molecule has 0 aliphatic heterocycles. The normalized spacial score (nSPS) is 10.1. The van der Waals surface area contributed by atoms with Crippen molar-refractivity contribution in [1.82, 2.24) is 4.98 Å². The number of aromatic carboxylic acids is 1. The molecule has 3 N–H and O–H groups in total. The van der Waals surface area contributed by atoms with Crippen LogP contribution in [0.15, 0.2) is 36.7 Å². The molecule has 1 aromatic heterocycles. The summed E-state index contributed by atoms with van der Waals surface area (Å²) >= 11 is 0. The van der Waals surface area contributed by atoms with Gasteiger partial charge in [0.2, 0.25) is 0 Å². The predicted molar refractivity (Wildman–Crippen MR) is 72.0 cm³/mol. The Kier molecular flexibility index (Phi) is 3.65. The predicted octanol–water partition coefficient (Wildman–Crippen LogP) is 2.05. The second-order valence-electron chi connectivity index (χ2n) is 4.19. The van der Waals surface area contributed by atoms with Crippen molar-refractivity contribution in [3.8, 4) is 5.75 Å². The van der Waals surface area contributed by atoms with Gasteiger partial charge in [-0.15, -0.1) is 0 Å². The number of carboxylic acids is 1. The van der Waals surface area contributed by atoms with Crippen molar-refractivity contribution in [2.75, 3.05) is 5.32 Å². The molecule has 2 aromatic rings. The van der Waals surface area contributed by atoms with Crippen LogP contribution < -0.4 is 5.32 Å². The van der Waals surface area contributed by atoms with E-state index in [2.05, 4.69) is 10.3 Å². The Bertz CT molecular complexity index is 668. The Labute approximate surface area is 114 Å². The van der Waals surface area contributed by atoms with Crippen LogP contribution in [0.25, 0.3) is 0 Å². The first-order valence-corrected chi connectivity index (χ1v) is 5.77. The first-order valence-electron chi connectivity index (χ1n) is 5.77. The molecule has 1 heterocycles. The third kappa shape index (κ3) is 2.74. The summed E-state index contributed by atoms with van der Waals surface area (Å²) in [5.41, 5.74) is 0.763. The van der Waals surface area contributed by atoms with E-state index in [1.54, 1.807) is 25.3 Å². The largest absolute Gasteiger partial charge is 0.507 e. The number of carbonyl (C=O) groups is 2. The third-order valence-corrected chi connectivity index (χ3v) is 2.71. The topological polar surface area (TPSA) is 99.5 Å². The number of carbonyl (C=O) groups excluding carboxylic acids is 1. The second-order valence-corrected chi connectivity index (χ2v) is 4.19. The van der Waals surface area contributed by atoms with E-state index in [1.165, 1.54) is 18.3 Å². The van der Waals surface area contributed by atoms with E-state index in [9.17, 15) is 14.7 Å². The van der Waals surface area contributed by atoms with Crippen LogP contribution in [0.2, 0.25) is 0 Å². The third-order valence-electron chi connectivity index (χ3n) is 2.71. The molecule has 0 bridgehead atoms. The van der Waals surface area contributed by atoms with Gasteiger partial charge in [0.1, 0.15) is 11.3 Å². The lowest BCUT2D eigenvalue weighted by atomic mass is 10.1. The smallest absolute Gasteiger partial charge is 0.339 e. The molecule has 0 spiro atoms. The summed E-state index contributed by atoms with van der Waals surface area (Å²) in [4.78, 5) is 26.8. The zero-order chi connectivity index (χ0) is 14.7. The zero-order valence-corrected chi connectivity index (χ0v) is 10.6. The number of aryl methyl sites for hydroxylation is 1. The minimum atomic E-state index is -1.26. The minimum absolute atomic E-state index is 0.258. The minimum Gasteiger partial charge on any atom is -0.507 e. The Balaban J connectivity index is 2.31. The van der Waals surface area contributed by atoms with Crippen LogP contribution >= 0.6 is 0 Å². The molecule has 0 saturated carbocycles. The number of hydrogen-bond acceptors (Lipinski definition) is 4. The lowest BCUT2D eigenvalue weighted by molar-refractivity contribution is 0.0693. The highest BCUT2D eigenvalue weighted by Crippen LogP contribution is 2.26. The average Bonchev–Trinajstić information content (AvgIpc) is 2.43. The first-order chi connectivity index (χ1) is 9.49. The van der Waals surface area contributed by atoms with Gasteiger partial charge in [0, 0.05) is 18.1 Å². The highest BCUT2D eigenvalue weighted by atomic mass is 16.4. The number of rotatable bonds is 3. The molecular weight excluding hydrogens is 260 g/mol. The number of pyridine rings is 1. The van der Waals surface area contributed by atoms with Crippen molar-refractivity contribution in [3.05, 3.63) is 53.3 Å². The van der Waals surface area contributed by atoms with E-state index in [0.717, 1.165) is 0 Å². The fourth-order valence-corrected chi connectivity index (χ4v) is 1.72. The quantitative estimate of drug-likeness (QED) is 0.742. The van der Waals surface area contributed by atoms with Gasteiger partial charge in [-0.3, -0.25) is 9.78 Å². The van der Waals surface area contributed by atoms with Crippen molar-refractivity contribution in [3.63, 3.8) is 0 Å². The van der Waals surface area contributed by atoms with Crippen LogP contribution in [0.4, 0.5) is 5.69 Å². The summed E-state index contributed by atoms with van der Waals surface area (Å²) in [6.07, 6.45) is 2.95. The van der Waals surface area contributed by atoms with Gasteiger partial charge in [-0.2, -0.15) is 0 Å². The number of aromatic hydroxyl groups is 1. The summed E-state index contributed by atoms with van der Waals surface area (Å²) in [6.45, 7) is 1.56. The molecule has 102 valence electrons. The Morgan fingerprint density at radius 3 is 2.65 bits per heavy atom. The van der Waals surface area contributed by atoms with Crippen LogP contribution in [0.5, 0.6) is 5.75 Å². The van der Waals surface area contributed by atoms with Crippen LogP contribution in [-0.2, 0) is 0 Å². The fourth-order valence-electron chi connectivity index (χ4n) is 1.72. The molecule has 6 nitrogen and oxygen atoms in total. The zero-order valence-electron chi connectivity index (χ0n) is 10.6. The van der Waals surface area contributed by atoms with E-state index in [1.807, 2.05) is 0 Å². The van der Waals surface area contributed by atoms with Crippen LogP contribution in [0.3, 0.4) is 0 Å². The number of amides is 1. The maximum Gasteiger partial charge on any atom is 0.339 e. The van der Waals surface area contributed by atoms with Crippen molar-refractivity contribution in [2.24, 2.45) is 0 Å². The van der Waals surface area contributed by atoms with Gasteiger partial charge >= 0.3 is 5.97 Å². The maximum absolute atomic E-state index is 11.9. The Morgan fingerprint density at radius 2 is 2.05 bits per heavy atom. The van der Waals surface area contributed by atoms with Crippen molar-refractivity contribution >= 4 is 17.6 Å². The first kappa shape index (κ1) is 13.5. The van der Waals surface area contributed by atoms with Gasteiger partial charge in [0.05, 0.1) is 5.56 Å². The molecule has 1 amide bonds. The number of nitrogens with one attached hydrogen (secondary N) is 1. The molecule has 2 rings (SSSR count). The number of phenols is 1. The number of hydrogen-bond donors (Lipinski definition) is 3. The van der Waals surface area contributed by atoms with E-state index < -0.39 is 11.9 Å². The molecule has 0 fully saturated rings. The van der Waals surface area contributed by atoms with E-state index in [0.29, 0.717) is 16.8 Å². The molecule has 0 atom stereocenters. The van der Waals surface area contributed by atoms with Gasteiger partial charge < -0.3 is 15.5 Å². The molecule has 6 heteroatoms. The molecule has 0 radical (unpaired) electrons. The van der Waals surface area contributed by atoms with Crippen LogP contribution in [-0.4, -0.2) is 27.1 Å². The van der Waals surface area contributed by atoms with Crippen LogP contribution in [0, 0.1) is 6.92 Å². The monoisotopic (exact) mass is 272 g/mol. The van der Waals surface area contributed by atoms with E-state index >= 15 is 0 Å². The van der Waals surface area contributed by atoms with Gasteiger partial charge in [-0.05, 0) is 36.8 Å². The second kappa shape index (κ2) is 5.40. The van der Waals surface area contributed by atoms with Crippen molar-refractivity contribution < 1.29 is 19.8 Å². The number of benzene rings is 1. The highest BCUT2D eigenvalue weighted by molar-refractivity contribution is 6.05. The molecule has 20 heavy (non-hydrogen) atoms.